The maximum atomic E-state index is 3.36. The minimum absolute atomic E-state index is 0.884. The summed E-state index contributed by atoms with van der Waals surface area (Å²) in [6.45, 7) is 4.48. The molecule has 0 nitrogen and oxygen atoms in total. The molecular formula is C13H17. The number of aryl methyl sites for hydroxylation is 1. The first kappa shape index (κ1) is 8.80. The molecule has 0 atom stereocenters. The summed E-state index contributed by atoms with van der Waals surface area (Å²) in [5, 5.41) is 0. The predicted molar refractivity (Wildman–Crippen MR) is 56.0 cm³/mol. The van der Waals surface area contributed by atoms with Crippen LogP contribution in [0.3, 0.4) is 0 Å². The molecule has 0 bridgehead atoms. The largest absolute Gasteiger partial charge is 0.0613 e. The molecule has 0 spiro atoms. The average Bonchev–Trinajstić information content (AvgIpc) is 2.99. The predicted octanol–water partition coefficient (Wildman–Crippen LogP) is 3.49. The summed E-state index contributed by atoms with van der Waals surface area (Å²) in [6.07, 6.45) is 5.11. The molecule has 69 valence electrons. The van der Waals surface area contributed by atoms with Crippen LogP contribution in [0.5, 0.6) is 0 Å². The lowest BCUT2D eigenvalue weighted by Gasteiger charge is -2.10. The van der Waals surface area contributed by atoms with E-state index in [1.807, 2.05) is 0 Å². The molecule has 0 heteroatoms. The topological polar surface area (TPSA) is 0 Å². The summed E-state index contributed by atoms with van der Waals surface area (Å²) in [4.78, 5) is 0. The molecule has 0 unspecified atom stereocenters. The second-order valence-electron chi connectivity index (χ2n) is 3.87. The van der Waals surface area contributed by atoms with Gasteiger partial charge in [0.2, 0.25) is 0 Å². The Morgan fingerprint density at radius 2 is 2.08 bits per heavy atom. The van der Waals surface area contributed by atoms with E-state index in [2.05, 4.69) is 32.0 Å². The van der Waals surface area contributed by atoms with Gasteiger partial charge in [-0.3, -0.25) is 0 Å². The van der Waals surface area contributed by atoms with E-state index in [1.165, 1.54) is 24.8 Å². The third-order valence-corrected chi connectivity index (χ3v) is 2.96. The molecule has 0 N–H and O–H groups in total. The Bertz CT molecular complexity index is 295. The molecule has 1 aromatic carbocycles. The number of benzene rings is 1. The number of hydrogen-bond donors (Lipinski definition) is 0. The van der Waals surface area contributed by atoms with Gasteiger partial charge >= 0.3 is 0 Å². The molecule has 1 fully saturated rings. The number of hydrogen-bond acceptors (Lipinski definition) is 0. The monoisotopic (exact) mass is 173 g/mol. The molecule has 1 aromatic rings. The highest BCUT2D eigenvalue weighted by atomic mass is 14.3. The van der Waals surface area contributed by atoms with Crippen molar-refractivity contribution in [1.29, 1.82) is 0 Å². The van der Waals surface area contributed by atoms with Crippen LogP contribution < -0.4 is 0 Å². The fraction of sp³-hybridized carbons (Fsp3) is 0.538. The summed E-state index contributed by atoms with van der Waals surface area (Å²) in [5.41, 5.74) is 4.62. The zero-order chi connectivity index (χ0) is 9.26. The lowest BCUT2D eigenvalue weighted by molar-refractivity contribution is 0.973. The first-order chi connectivity index (χ1) is 6.36. The highest BCUT2D eigenvalue weighted by Crippen LogP contribution is 2.42. The standard InChI is InChI=1S/C13H17/c1-3-10-6-5-7-13(11-8-9-11)12(10)4-2/h5,7,11H,3-4,8-9H2,1-2H3. The Hall–Kier alpha value is -0.780. The van der Waals surface area contributed by atoms with Crippen molar-refractivity contribution < 1.29 is 0 Å². The van der Waals surface area contributed by atoms with Crippen LogP contribution in [-0.2, 0) is 12.8 Å². The average molecular weight is 173 g/mol. The number of rotatable bonds is 3. The molecule has 13 heavy (non-hydrogen) atoms. The van der Waals surface area contributed by atoms with Gasteiger partial charge in [-0.15, -0.1) is 0 Å². The van der Waals surface area contributed by atoms with Gasteiger partial charge in [-0.1, -0.05) is 26.0 Å². The van der Waals surface area contributed by atoms with Gasteiger partial charge in [0.25, 0.3) is 0 Å². The quantitative estimate of drug-likeness (QED) is 0.656. The van der Waals surface area contributed by atoms with E-state index in [4.69, 9.17) is 0 Å². The van der Waals surface area contributed by atoms with Crippen molar-refractivity contribution in [3.63, 3.8) is 0 Å². The van der Waals surface area contributed by atoms with Gasteiger partial charge in [0, 0.05) is 0 Å². The fourth-order valence-electron chi connectivity index (χ4n) is 2.10. The van der Waals surface area contributed by atoms with Gasteiger partial charge < -0.3 is 0 Å². The van der Waals surface area contributed by atoms with E-state index in [9.17, 15) is 0 Å². The van der Waals surface area contributed by atoms with Crippen molar-refractivity contribution in [1.82, 2.24) is 0 Å². The molecule has 1 radical (unpaired) electrons. The molecule has 1 aliphatic rings. The van der Waals surface area contributed by atoms with Crippen LogP contribution in [0.25, 0.3) is 0 Å². The Labute approximate surface area is 81.0 Å². The zero-order valence-electron chi connectivity index (χ0n) is 8.56. The minimum atomic E-state index is 0.884. The lowest BCUT2D eigenvalue weighted by Crippen LogP contribution is -1.96. The van der Waals surface area contributed by atoms with Crippen LogP contribution in [-0.4, -0.2) is 0 Å². The Balaban J connectivity index is 2.41. The van der Waals surface area contributed by atoms with Crippen LogP contribution in [0.15, 0.2) is 12.1 Å². The Morgan fingerprint density at radius 3 is 2.62 bits per heavy atom. The van der Waals surface area contributed by atoms with E-state index in [0.29, 0.717) is 0 Å². The summed E-state index contributed by atoms with van der Waals surface area (Å²) in [7, 11) is 0. The van der Waals surface area contributed by atoms with Crippen LogP contribution in [0.4, 0.5) is 0 Å². The van der Waals surface area contributed by atoms with E-state index < -0.39 is 0 Å². The molecule has 0 aromatic heterocycles. The summed E-state index contributed by atoms with van der Waals surface area (Å²) < 4.78 is 0. The van der Waals surface area contributed by atoms with Crippen LogP contribution in [0.1, 0.15) is 49.3 Å². The third kappa shape index (κ3) is 1.63. The van der Waals surface area contributed by atoms with Gasteiger partial charge in [0.15, 0.2) is 0 Å². The van der Waals surface area contributed by atoms with Crippen molar-refractivity contribution in [2.24, 2.45) is 0 Å². The van der Waals surface area contributed by atoms with Gasteiger partial charge in [0.05, 0.1) is 0 Å². The molecule has 1 saturated carbocycles. The smallest absolute Gasteiger partial charge is 0.0146 e. The fourth-order valence-corrected chi connectivity index (χ4v) is 2.10. The van der Waals surface area contributed by atoms with E-state index in [0.717, 1.165) is 12.3 Å². The van der Waals surface area contributed by atoms with E-state index in [1.54, 1.807) is 11.1 Å². The zero-order valence-corrected chi connectivity index (χ0v) is 8.56. The van der Waals surface area contributed by atoms with E-state index >= 15 is 0 Å². The highest BCUT2D eigenvalue weighted by Gasteiger charge is 2.25. The molecular weight excluding hydrogens is 156 g/mol. The van der Waals surface area contributed by atoms with Crippen molar-refractivity contribution in [2.45, 2.75) is 45.4 Å². The summed E-state index contributed by atoms with van der Waals surface area (Å²) in [5.74, 6) is 0.884. The highest BCUT2D eigenvalue weighted by molar-refractivity contribution is 5.38. The Morgan fingerprint density at radius 1 is 1.31 bits per heavy atom. The second kappa shape index (κ2) is 3.53. The maximum Gasteiger partial charge on any atom is -0.0146 e. The van der Waals surface area contributed by atoms with Crippen molar-refractivity contribution in [2.75, 3.05) is 0 Å². The molecule has 0 amide bonds. The molecule has 2 rings (SSSR count). The minimum Gasteiger partial charge on any atom is -0.0613 e. The van der Waals surface area contributed by atoms with Crippen molar-refractivity contribution >= 4 is 0 Å². The van der Waals surface area contributed by atoms with Crippen LogP contribution >= 0.6 is 0 Å². The van der Waals surface area contributed by atoms with Gasteiger partial charge in [-0.2, -0.15) is 0 Å². The second-order valence-corrected chi connectivity index (χ2v) is 3.87. The summed E-state index contributed by atoms with van der Waals surface area (Å²) in [6, 6.07) is 7.74. The summed E-state index contributed by atoms with van der Waals surface area (Å²) >= 11 is 0. The lowest BCUT2D eigenvalue weighted by atomic mass is 9.94. The molecule has 0 saturated heterocycles. The normalized spacial score (nSPS) is 16.2. The third-order valence-electron chi connectivity index (χ3n) is 2.96. The SMILES string of the molecule is CCc1[c]ccc(C2CC2)c1CC. The maximum absolute atomic E-state index is 3.36. The van der Waals surface area contributed by atoms with Crippen LogP contribution in [0, 0.1) is 6.07 Å². The van der Waals surface area contributed by atoms with E-state index in [-0.39, 0.29) is 0 Å². The molecule has 0 aliphatic heterocycles. The van der Waals surface area contributed by atoms with Crippen molar-refractivity contribution in [3.8, 4) is 0 Å². The van der Waals surface area contributed by atoms with Crippen molar-refractivity contribution in [3.05, 3.63) is 34.9 Å². The molecule has 1 aliphatic carbocycles. The Kier molecular flexibility index (Phi) is 2.39. The van der Waals surface area contributed by atoms with Crippen LogP contribution in [0.2, 0.25) is 0 Å². The van der Waals surface area contributed by atoms with Gasteiger partial charge in [-0.25, -0.2) is 0 Å². The van der Waals surface area contributed by atoms with Gasteiger partial charge in [-0.05, 0) is 54.4 Å². The van der Waals surface area contributed by atoms with Gasteiger partial charge in [0.1, 0.15) is 0 Å². The molecule has 0 heterocycles. The first-order valence-corrected chi connectivity index (χ1v) is 5.39. The first-order valence-electron chi connectivity index (χ1n) is 5.39.